The van der Waals surface area contributed by atoms with Crippen molar-refractivity contribution in [2.75, 3.05) is 18.4 Å². The zero-order valence-electron chi connectivity index (χ0n) is 15.5. The molecule has 1 aliphatic heterocycles. The highest BCUT2D eigenvalue weighted by Gasteiger charge is 2.41. The average molecular weight is 491 g/mol. The molecule has 0 aliphatic carbocycles. The Morgan fingerprint density at radius 2 is 2.11 bits per heavy atom. The van der Waals surface area contributed by atoms with E-state index in [1.54, 1.807) is 24.8 Å². The molecule has 3 aromatic rings. The van der Waals surface area contributed by atoms with Gasteiger partial charge in [-0.1, -0.05) is 24.3 Å². The molecule has 0 saturated carbocycles. The van der Waals surface area contributed by atoms with Crippen LogP contribution in [0, 0.1) is 15.3 Å². The van der Waals surface area contributed by atoms with Gasteiger partial charge in [-0.25, -0.2) is 9.37 Å². The first-order valence-corrected chi connectivity index (χ1v) is 10.5. The van der Waals surface area contributed by atoms with Crippen molar-refractivity contribution < 1.29 is 4.39 Å². The molecule has 5 nitrogen and oxygen atoms in total. The third kappa shape index (κ3) is 4.35. The van der Waals surface area contributed by atoms with Crippen LogP contribution in [0.4, 0.5) is 10.1 Å². The average Bonchev–Trinajstić information content (AvgIpc) is 3.36. The lowest BCUT2D eigenvalue weighted by molar-refractivity contribution is 0.319. The zero-order chi connectivity index (χ0) is 19.4. The fourth-order valence-electron chi connectivity index (χ4n) is 4.00. The normalized spacial score (nSPS) is 21.7. The van der Waals surface area contributed by atoms with Gasteiger partial charge in [0, 0.05) is 34.4 Å². The van der Waals surface area contributed by atoms with Gasteiger partial charge in [-0.15, -0.1) is 0 Å². The van der Waals surface area contributed by atoms with Gasteiger partial charge in [-0.05, 0) is 71.2 Å². The van der Waals surface area contributed by atoms with Crippen molar-refractivity contribution in [3.8, 4) is 0 Å². The van der Waals surface area contributed by atoms with Crippen molar-refractivity contribution in [2.24, 2.45) is 5.92 Å². The predicted molar refractivity (Wildman–Crippen MR) is 116 cm³/mol. The molecule has 1 aromatic heterocycles. The van der Waals surface area contributed by atoms with E-state index in [2.05, 4.69) is 55.4 Å². The van der Waals surface area contributed by atoms with Gasteiger partial charge in [-0.2, -0.15) is 5.10 Å². The number of nitrogens with one attached hydrogen (secondary N) is 2. The quantitative estimate of drug-likeness (QED) is 0.491. The molecule has 1 saturated heterocycles. The van der Waals surface area contributed by atoms with Gasteiger partial charge in [0.2, 0.25) is 0 Å². The molecule has 2 N–H and O–H groups in total. The van der Waals surface area contributed by atoms with Gasteiger partial charge in [0.25, 0.3) is 0 Å². The maximum Gasteiger partial charge on any atom is 0.137 e. The van der Waals surface area contributed by atoms with E-state index in [9.17, 15) is 4.39 Å². The lowest BCUT2D eigenvalue weighted by atomic mass is 9.82. The Morgan fingerprint density at radius 1 is 1.25 bits per heavy atom. The first-order valence-electron chi connectivity index (χ1n) is 9.46. The van der Waals surface area contributed by atoms with Crippen molar-refractivity contribution in [1.29, 1.82) is 0 Å². The van der Waals surface area contributed by atoms with Gasteiger partial charge in [0.15, 0.2) is 0 Å². The molecular formula is C21H23FIN5. The van der Waals surface area contributed by atoms with Crippen LogP contribution in [0.3, 0.4) is 0 Å². The lowest BCUT2D eigenvalue weighted by Crippen LogP contribution is -2.38. The van der Waals surface area contributed by atoms with E-state index in [-0.39, 0.29) is 11.4 Å². The Hall–Kier alpha value is -2.00. The fraction of sp³-hybridized carbons (Fsp3) is 0.333. The van der Waals surface area contributed by atoms with E-state index in [0.717, 1.165) is 47.3 Å². The van der Waals surface area contributed by atoms with Crippen molar-refractivity contribution in [3.63, 3.8) is 0 Å². The standard InChI is InChI=1S/C21H23FIN5/c22-17-6-7-19(20(23)10-17)21(8-9-28-15-24-14-27-28)11-16(13-26-21)12-25-18-4-2-1-3-5-18/h1-7,10,14-16,25-26H,8-9,11-13H2/t16-,21-/m1/s1. The molecule has 146 valence electrons. The molecule has 28 heavy (non-hydrogen) atoms. The molecule has 2 heterocycles. The maximum absolute atomic E-state index is 13.7. The molecule has 1 aliphatic rings. The molecular weight excluding hydrogens is 468 g/mol. The van der Waals surface area contributed by atoms with Crippen LogP contribution in [-0.4, -0.2) is 27.9 Å². The smallest absolute Gasteiger partial charge is 0.137 e. The SMILES string of the molecule is Fc1ccc([C@@]2(CCn3cncn3)C[C@H](CNc3ccccc3)CN2)c(I)c1. The summed E-state index contributed by atoms with van der Waals surface area (Å²) in [6.45, 7) is 2.59. The Balaban J connectivity index is 1.52. The summed E-state index contributed by atoms with van der Waals surface area (Å²) in [5.74, 6) is 0.289. The second-order valence-electron chi connectivity index (χ2n) is 7.31. The van der Waals surface area contributed by atoms with Gasteiger partial charge in [0.05, 0.1) is 0 Å². The minimum absolute atomic E-state index is 0.195. The number of benzene rings is 2. The number of anilines is 1. The molecule has 0 spiro atoms. The number of nitrogens with zero attached hydrogens (tertiary/aromatic N) is 3. The van der Waals surface area contributed by atoms with Gasteiger partial charge in [0.1, 0.15) is 18.5 Å². The van der Waals surface area contributed by atoms with Crippen molar-refractivity contribution >= 4 is 28.3 Å². The Morgan fingerprint density at radius 3 is 2.86 bits per heavy atom. The molecule has 2 atom stereocenters. The molecule has 2 aromatic carbocycles. The van der Waals surface area contributed by atoms with Crippen LogP contribution in [0.5, 0.6) is 0 Å². The number of halogens is 2. The summed E-state index contributed by atoms with van der Waals surface area (Å²) in [5, 5.41) is 11.5. The van der Waals surface area contributed by atoms with Crippen LogP contribution >= 0.6 is 22.6 Å². The monoisotopic (exact) mass is 491 g/mol. The molecule has 7 heteroatoms. The number of hydrogen-bond acceptors (Lipinski definition) is 4. The second-order valence-corrected chi connectivity index (χ2v) is 8.47. The lowest BCUT2D eigenvalue weighted by Gasteiger charge is -2.32. The first-order chi connectivity index (χ1) is 13.6. The highest BCUT2D eigenvalue weighted by Crippen LogP contribution is 2.39. The summed E-state index contributed by atoms with van der Waals surface area (Å²) < 4.78 is 16.5. The Kier molecular flexibility index (Phi) is 5.91. The summed E-state index contributed by atoms with van der Waals surface area (Å²) >= 11 is 2.25. The molecule has 1 fully saturated rings. The van der Waals surface area contributed by atoms with Crippen LogP contribution in [0.1, 0.15) is 18.4 Å². The molecule has 0 radical (unpaired) electrons. The predicted octanol–water partition coefficient (Wildman–Crippen LogP) is 4.03. The minimum atomic E-state index is -0.195. The highest BCUT2D eigenvalue weighted by atomic mass is 127. The fourth-order valence-corrected chi connectivity index (χ4v) is 4.99. The number of aromatic nitrogens is 3. The van der Waals surface area contributed by atoms with Crippen LogP contribution in [-0.2, 0) is 12.1 Å². The summed E-state index contributed by atoms with van der Waals surface area (Å²) in [4.78, 5) is 4.04. The van der Waals surface area contributed by atoms with Crippen molar-refractivity contribution in [1.82, 2.24) is 20.1 Å². The van der Waals surface area contributed by atoms with E-state index < -0.39 is 0 Å². The van der Waals surface area contributed by atoms with Crippen LogP contribution in [0.25, 0.3) is 0 Å². The van der Waals surface area contributed by atoms with Crippen molar-refractivity contribution in [2.45, 2.75) is 24.9 Å². The second kappa shape index (κ2) is 8.57. The minimum Gasteiger partial charge on any atom is -0.385 e. The van der Waals surface area contributed by atoms with E-state index in [4.69, 9.17) is 0 Å². The van der Waals surface area contributed by atoms with E-state index >= 15 is 0 Å². The maximum atomic E-state index is 13.7. The van der Waals surface area contributed by atoms with Crippen LogP contribution in [0.2, 0.25) is 0 Å². The van der Waals surface area contributed by atoms with Crippen LogP contribution in [0.15, 0.2) is 61.2 Å². The van der Waals surface area contributed by atoms with Crippen molar-refractivity contribution in [3.05, 3.63) is 76.1 Å². The zero-order valence-corrected chi connectivity index (χ0v) is 17.6. The molecule has 0 bridgehead atoms. The molecule has 0 amide bonds. The molecule has 0 unspecified atom stereocenters. The van der Waals surface area contributed by atoms with Gasteiger partial charge in [-0.3, -0.25) is 4.68 Å². The van der Waals surface area contributed by atoms with Crippen LogP contribution < -0.4 is 10.6 Å². The Labute approximate surface area is 177 Å². The number of para-hydroxylation sites is 1. The summed E-state index contributed by atoms with van der Waals surface area (Å²) in [5.41, 5.74) is 2.11. The topological polar surface area (TPSA) is 54.8 Å². The number of rotatable bonds is 7. The Bertz CT molecular complexity index is 902. The first kappa shape index (κ1) is 19.3. The number of hydrogen-bond donors (Lipinski definition) is 2. The summed E-state index contributed by atoms with van der Waals surface area (Å²) in [6.07, 6.45) is 5.17. The van der Waals surface area contributed by atoms with E-state index in [1.807, 2.05) is 28.9 Å². The number of aryl methyl sites for hydroxylation is 1. The highest BCUT2D eigenvalue weighted by molar-refractivity contribution is 14.1. The van der Waals surface area contributed by atoms with E-state index in [1.165, 1.54) is 0 Å². The summed E-state index contributed by atoms with van der Waals surface area (Å²) in [7, 11) is 0. The van der Waals surface area contributed by atoms with E-state index in [0.29, 0.717) is 5.92 Å². The third-order valence-electron chi connectivity index (χ3n) is 5.42. The third-order valence-corrected chi connectivity index (χ3v) is 6.31. The summed E-state index contributed by atoms with van der Waals surface area (Å²) in [6, 6.07) is 15.4. The molecule has 4 rings (SSSR count). The largest absolute Gasteiger partial charge is 0.385 e. The van der Waals surface area contributed by atoms with Gasteiger partial charge < -0.3 is 10.6 Å². The van der Waals surface area contributed by atoms with Gasteiger partial charge >= 0.3 is 0 Å².